The highest BCUT2D eigenvalue weighted by Crippen LogP contribution is 2.38. The highest BCUT2D eigenvalue weighted by atomic mass is 16.4. The molecule has 0 aromatic heterocycles. The Balaban J connectivity index is 1.67. The van der Waals surface area contributed by atoms with Gasteiger partial charge in [0, 0.05) is 6.42 Å². The molecule has 2 rings (SSSR count). The fourth-order valence-corrected chi connectivity index (χ4v) is 4.18. The summed E-state index contributed by atoms with van der Waals surface area (Å²) in [5.41, 5.74) is 1.37. The van der Waals surface area contributed by atoms with E-state index >= 15 is 0 Å². The molecule has 27 heavy (non-hydrogen) atoms. The number of aliphatic hydroxyl groups excluding tert-OH is 2. The third kappa shape index (κ3) is 7.86. The molecule has 4 heteroatoms. The summed E-state index contributed by atoms with van der Waals surface area (Å²) in [6.07, 6.45) is 11.5. The second kappa shape index (κ2) is 11.9. The summed E-state index contributed by atoms with van der Waals surface area (Å²) in [6.45, 7) is 0. The molecule has 0 heterocycles. The number of hydrogen-bond donors (Lipinski definition) is 3. The van der Waals surface area contributed by atoms with E-state index in [-0.39, 0.29) is 18.3 Å². The Labute approximate surface area is 162 Å². The zero-order chi connectivity index (χ0) is 19.5. The van der Waals surface area contributed by atoms with Gasteiger partial charge in [-0.2, -0.15) is 0 Å². The third-order valence-electron chi connectivity index (χ3n) is 5.70. The van der Waals surface area contributed by atoms with Crippen LogP contribution in [0, 0.1) is 11.8 Å². The molecular weight excluding hydrogens is 340 g/mol. The summed E-state index contributed by atoms with van der Waals surface area (Å²) in [6, 6.07) is 10.5. The number of carboxylic acid groups (broad SMARTS) is 1. The fourth-order valence-electron chi connectivity index (χ4n) is 4.18. The molecule has 0 aliphatic heterocycles. The molecule has 4 atom stereocenters. The van der Waals surface area contributed by atoms with Crippen molar-refractivity contribution < 1.29 is 20.1 Å². The first-order valence-electron chi connectivity index (χ1n) is 10.3. The van der Waals surface area contributed by atoms with Crippen LogP contribution < -0.4 is 0 Å². The number of allylic oxidation sites excluding steroid dienone is 2. The number of unbranched alkanes of at least 4 members (excludes halogenated alkanes) is 3. The molecule has 4 nitrogen and oxygen atoms in total. The van der Waals surface area contributed by atoms with Gasteiger partial charge in [-0.05, 0) is 62.3 Å². The summed E-state index contributed by atoms with van der Waals surface area (Å²) in [5.74, 6) is -0.477. The number of aliphatic carboxylic acids is 1. The van der Waals surface area contributed by atoms with Gasteiger partial charge < -0.3 is 15.3 Å². The lowest BCUT2D eigenvalue weighted by molar-refractivity contribution is -0.137. The SMILES string of the molecule is O=C(O)CCC/C=C\C[C@@H]1[C@@H](CCCCCc2ccccc2)[C@H](O)C[C@@H]1O. The maximum Gasteiger partial charge on any atom is 0.303 e. The largest absolute Gasteiger partial charge is 0.481 e. The summed E-state index contributed by atoms with van der Waals surface area (Å²) in [4.78, 5) is 10.5. The molecule has 0 bridgehead atoms. The molecule has 150 valence electrons. The average Bonchev–Trinajstić information content (AvgIpc) is 2.91. The van der Waals surface area contributed by atoms with Gasteiger partial charge in [0.2, 0.25) is 0 Å². The van der Waals surface area contributed by atoms with Crippen molar-refractivity contribution in [1.82, 2.24) is 0 Å². The monoisotopic (exact) mass is 374 g/mol. The summed E-state index contributed by atoms with van der Waals surface area (Å²) < 4.78 is 0. The normalized spacial score (nSPS) is 25.3. The van der Waals surface area contributed by atoms with E-state index in [0.29, 0.717) is 12.8 Å². The van der Waals surface area contributed by atoms with Crippen LogP contribution in [0.3, 0.4) is 0 Å². The van der Waals surface area contributed by atoms with E-state index in [4.69, 9.17) is 5.11 Å². The van der Waals surface area contributed by atoms with Crippen molar-refractivity contribution >= 4 is 5.97 Å². The van der Waals surface area contributed by atoms with Gasteiger partial charge in [0.05, 0.1) is 12.2 Å². The van der Waals surface area contributed by atoms with Crippen LogP contribution in [0.15, 0.2) is 42.5 Å². The van der Waals surface area contributed by atoms with Crippen LogP contribution in [0.1, 0.15) is 63.4 Å². The van der Waals surface area contributed by atoms with Crippen molar-refractivity contribution in [3.8, 4) is 0 Å². The first kappa shape index (κ1) is 21.6. The van der Waals surface area contributed by atoms with E-state index in [2.05, 4.69) is 30.3 Å². The fraction of sp³-hybridized carbons (Fsp3) is 0.609. The molecule has 1 saturated carbocycles. The quantitative estimate of drug-likeness (QED) is 0.375. The van der Waals surface area contributed by atoms with Crippen molar-refractivity contribution in [2.24, 2.45) is 11.8 Å². The zero-order valence-electron chi connectivity index (χ0n) is 16.2. The van der Waals surface area contributed by atoms with E-state index in [0.717, 1.165) is 44.9 Å². The number of carboxylic acids is 1. The van der Waals surface area contributed by atoms with Crippen LogP contribution in [-0.2, 0) is 11.2 Å². The van der Waals surface area contributed by atoms with Gasteiger partial charge in [-0.25, -0.2) is 0 Å². The Bertz CT molecular complexity index is 569. The first-order valence-corrected chi connectivity index (χ1v) is 10.3. The lowest BCUT2D eigenvalue weighted by atomic mass is 9.86. The smallest absolute Gasteiger partial charge is 0.303 e. The van der Waals surface area contributed by atoms with Crippen LogP contribution in [0.25, 0.3) is 0 Å². The minimum absolute atomic E-state index is 0.116. The Morgan fingerprint density at radius 3 is 2.44 bits per heavy atom. The maximum atomic E-state index is 10.5. The van der Waals surface area contributed by atoms with E-state index < -0.39 is 18.2 Å². The Hall–Kier alpha value is -1.65. The molecule has 1 aromatic carbocycles. The second-order valence-electron chi connectivity index (χ2n) is 7.78. The Morgan fingerprint density at radius 2 is 1.70 bits per heavy atom. The number of rotatable bonds is 12. The number of aryl methyl sites for hydroxylation is 1. The van der Waals surface area contributed by atoms with E-state index in [1.165, 1.54) is 5.56 Å². The zero-order valence-corrected chi connectivity index (χ0v) is 16.2. The molecule has 0 saturated heterocycles. The van der Waals surface area contributed by atoms with E-state index in [1.54, 1.807) is 0 Å². The van der Waals surface area contributed by atoms with Gasteiger partial charge in [0.1, 0.15) is 0 Å². The van der Waals surface area contributed by atoms with Crippen molar-refractivity contribution in [2.75, 3.05) is 0 Å². The summed E-state index contributed by atoms with van der Waals surface area (Å²) >= 11 is 0. The Morgan fingerprint density at radius 1 is 0.963 bits per heavy atom. The van der Waals surface area contributed by atoms with Gasteiger partial charge in [-0.1, -0.05) is 55.3 Å². The predicted molar refractivity (Wildman–Crippen MR) is 107 cm³/mol. The maximum absolute atomic E-state index is 10.5. The number of aliphatic hydroxyl groups is 2. The molecule has 0 radical (unpaired) electrons. The molecule has 0 unspecified atom stereocenters. The van der Waals surface area contributed by atoms with Crippen molar-refractivity contribution in [1.29, 1.82) is 0 Å². The second-order valence-corrected chi connectivity index (χ2v) is 7.78. The summed E-state index contributed by atoms with van der Waals surface area (Å²) in [7, 11) is 0. The van der Waals surface area contributed by atoms with Gasteiger partial charge >= 0.3 is 5.97 Å². The van der Waals surface area contributed by atoms with Crippen molar-refractivity contribution in [3.05, 3.63) is 48.0 Å². The van der Waals surface area contributed by atoms with Crippen LogP contribution in [0.4, 0.5) is 0 Å². The number of benzene rings is 1. The molecule has 1 fully saturated rings. The molecule has 1 aromatic rings. The molecule has 1 aliphatic carbocycles. The number of hydrogen-bond acceptors (Lipinski definition) is 3. The summed E-state index contributed by atoms with van der Waals surface area (Å²) in [5, 5.41) is 29.2. The Kier molecular flexibility index (Phi) is 9.57. The van der Waals surface area contributed by atoms with Gasteiger partial charge in [0.25, 0.3) is 0 Å². The third-order valence-corrected chi connectivity index (χ3v) is 5.70. The minimum Gasteiger partial charge on any atom is -0.481 e. The highest BCUT2D eigenvalue weighted by Gasteiger charge is 2.40. The van der Waals surface area contributed by atoms with E-state index in [1.807, 2.05) is 12.1 Å². The van der Waals surface area contributed by atoms with Crippen molar-refractivity contribution in [2.45, 2.75) is 76.4 Å². The highest BCUT2D eigenvalue weighted by molar-refractivity contribution is 5.66. The van der Waals surface area contributed by atoms with Crippen LogP contribution in [0.2, 0.25) is 0 Å². The van der Waals surface area contributed by atoms with Gasteiger partial charge in [-0.15, -0.1) is 0 Å². The van der Waals surface area contributed by atoms with Crippen LogP contribution >= 0.6 is 0 Å². The minimum atomic E-state index is -0.759. The van der Waals surface area contributed by atoms with Crippen LogP contribution in [0.5, 0.6) is 0 Å². The predicted octanol–water partition coefficient (Wildman–Crippen LogP) is 4.35. The standard InChI is InChI=1S/C23H34O4/c24-21-17-22(25)20(19(21)14-8-1-2-10-16-23(26)27)15-9-4-7-13-18-11-5-3-6-12-18/h1,3,5-6,8,11-12,19-22,24-25H,2,4,7,9-10,13-17H2,(H,26,27)/b8-1-/t19-,20-,21+,22-/m1/s1. The molecule has 3 N–H and O–H groups in total. The van der Waals surface area contributed by atoms with E-state index in [9.17, 15) is 15.0 Å². The lowest BCUT2D eigenvalue weighted by Crippen LogP contribution is -2.21. The first-order chi connectivity index (χ1) is 13.1. The molecule has 0 amide bonds. The average molecular weight is 375 g/mol. The van der Waals surface area contributed by atoms with Crippen molar-refractivity contribution in [3.63, 3.8) is 0 Å². The molecule has 1 aliphatic rings. The van der Waals surface area contributed by atoms with Crippen LogP contribution in [-0.4, -0.2) is 33.5 Å². The topological polar surface area (TPSA) is 77.8 Å². The van der Waals surface area contributed by atoms with Gasteiger partial charge in [-0.3, -0.25) is 4.79 Å². The molecular formula is C23H34O4. The molecule has 0 spiro atoms. The lowest BCUT2D eigenvalue weighted by Gasteiger charge is -2.22. The number of carbonyl (C=O) groups is 1. The van der Waals surface area contributed by atoms with Gasteiger partial charge in [0.15, 0.2) is 0 Å².